The third-order valence-corrected chi connectivity index (χ3v) is 3.85. The van der Waals surface area contributed by atoms with Crippen molar-refractivity contribution in [2.45, 2.75) is 26.2 Å². The zero-order valence-electron chi connectivity index (χ0n) is 13.9. The van der Waals surface area contributed by atoms with Crippen LogP contribution in [0.2, 0.25) is 5.15 Å². The molecule has 0 aliphatic carbocycles. The lowest BCUT2D eigenvalue weighted by atomic mass is 9.87. The first-order valence-electron chi connectivity index (χ1n) is 7.74. The first-order chi connectivity index (χ1) is 11.4. The summed E-state index contributed by atoms with van der Waals surface area (Å²) in [5, 5.41) is 3.68. The molecule has 5 heteroatoms. The molecular weight excluding hydrogens is 320 g/mol. The molecule has 122 valence electrons. The van der Waals surface area contributed by atoms with Crippen molar-refractivity contribution >= 4 is 23.1 Å². The smallest absolute Gasteiger partial charge is 0.163 e. The van der Waals surface area contributed by atoms with E-state index in [9.17, 15) is 0 Å². The van der Waals surface area contributed by atoms with Crippen LogP contribution < -0.4 is 5.32 Å². The number of halogens is 1. The van der Waals surface area contributed by atoms with Gasteiger partial charge in [0.2, 0.25) is 0 Å². The summed E-state index contributed by atoms with van der Waals surface area (Å²) < 4.78 is 0. The summed E-state index contributed by atoms with van der Waals surface area (Å²) in [5.41, 5.74) is 3.24. The Kier molecular flexibility index (Phi) is 4.49. The second-order valence-corrected chi connectivity index (χ2v) is 6.98. The van der Waals surface area contributed by atoms with Crippen LogP contribution in [-0.4, -0.2) is 15.0 Å². The molecule has 0 fully saturated rings. The SMILES string of the molecule is CC(C)(C)c1ccc(Nc2cc(Cl)nc(-c3ccncc3)n2)cc1. The van der Waals surface area contributed by atoms with Crippen LogP contribution in [-0.2, 0) is 5.41 Å². The van der Waals surface area contributed by atoms with Crippen molar-refractivity contribution in [1.29, 1.82) is 0 Å². The van der Waals surface area contributed by atoms with Crippen LogP contribution in [0.4, 0.5) is 11.5 Å². The number of rotatable bonds is 3. The highest BCUT2D eigenvalue weighted by atomic mass is 35.5. The summed E-state index contributed by atoms with van der Waals surface area (Å²) >= 11 is 6.14. The van der Waals surface area contributed by atoms with Crippen LogP contribution in [0.25, 0.3) is 11.4 Å². The molecule has 0 bridgehead atoms. The van der Waals surface area contributed by atoms with Crippen LogP contribution in [0.3, 0.4) is 0 Å². The Morgan fingerprint density at radius 2 is 1.58 bits per heavy atom. The van der Waals surface area contributed by atoms with Gasteiger partial charge in [-0.3, -0.25) is 4.98 Å². The number of aromatic nitrogens is 3. The molecule has 0 radical (unpaired) electrons. The van der Waals surface area contributed by atoms with Crippen molar-refractivity contribution in [1.82, 2.24) is 15.0 Å². The Morgan fingerprint density at radius 1 is 0.917 bits per heavy atom. The summed E-state index contributed by atoms with van der Waals surface area (Å²) in [6.07, 6.45) is 3.41. The van der Waals surface area contributed by atoms with Crippen LogP contribution >= 0.6 is 11.6 Å². The fourth-order valence-corrected chi connectivity index (χ4v) is 2.50. The molecule has 0 aliphatic heterocycles. The second kappa shape index (κ2) is 6.57. The predicted octanol–water partition coefficient (Wildman–Crippen LogP) is 5.23. The van der Waals surface area contributed by atoms with E-state index in [4.69, 9.17) is 11.6 Å². The number of hydrogen-bond donors (Lipinski definition) is 1. The van der Waals surface area contributed by atoms with E-state index in [0.29, 0.717) is 16.8 Å². The topological polar surface area (TPSA) is 50.7 Å². The Labute approximate surface area is 147 Å². The van der Waals surface area contributed by atoms with Gasteiger partial charge in [-0.25, -0.2) is 9.97 Å². The average molecular weight is 339 g/mol. The van der Waals surface area contributed by atoms with Gasteiger partial charge in [-0.15, -0.1) is 0 Å². The van der Waals surface area contributed by atoms with Crippen molar-refractivity contribution in [2.24, 2.45) is 0 Å². The monoisotopic (exact) mass is 338 g/mol. The molecule has 3 aromatic rings. The van der Waals surface area contributed by atoms with Gasteiger partial charge in [0.15, 0.2) is 5.82 Å². The molecule has 0 saturated heterocycles. The molecule has 2 heterocycles. The Balaban J connectivity index is 1.87. The molecule has 0 unspecified atom stereocenters. The number of nitrogens with zero attached hydrogens (tertiary/aromatic N) is 3. The second-order valence-electron chi connectivity index (χ2n) is 6.59. The van der Waals surface area contributed by atoms with Gasteiger partial charge in [-0.05, 0) is 35.2 Å². The zero-order chi connectivity index (χ0) is 17.2. The largest absolute Gasteiger partial charge is 0.340 e. The number of benzene rings is 1. The molecule has 0 spiro atoms. The fraction of sp³-hybridized carbons (Fsp3) is 0.211. The molecule has 0 aliphatic rings. The van der Waals surface area contributed by atoms with Crippen LogP contribution in [0, 0.1) is 0 Å². The van der Waals surface area contributed by atoms with Gasteiger partial charge in [0.1, 0.15) is 11.0 Å². The minimum atomic E-state index is 0.130. The van der Waals surface area contributed by atoms with E-state index in [2.05, 4.69) is 53.2 Å². The first kappa shape index (κ1) is 16.4. The average Bonchev–Trinajstić information content (AvgIpc) is 2.55. The van der Waals surface area contributed by atoms with Crippen molar-refractivity contribution in [2.75, 3.05) is 5.32 Å². The molecule has 0 saturated carbocycles. The zero-order valence-corrected chi connectivity index (χ0v) is 14.7. The van der Waals surface area contributed by atoms with Gasteiger partial charge in [0.05, 0.1) is 0 Å². The van der Waals surface area contributed by atoms with E-state index in [0.717, 1.165) is 11.3 Å². The van der Waals surface area contributed by atoms with E-state index in [1.165, 1.54) is 5.56 Å². The maximum Gasteiger partial charge on any atom is 0.163 e. The van der Waals surface area contributed by atoms with Crippen LogP contribution in [0.1, 0.15) is 26.3 Å². The molecule has 1 N–H and O–H groups in total. The standard InChI is InChI=1S/C19H19ClN4/c1-19(2,3)14-4-6-15(7-5-14)22-17-12-16(20)23-18(24-17)13-8-10-21-11-9-13/h4-12H,1-3H3,(H,22,23,24). The van der Waals surface area contributed by atoms with Crippen LogP contribution in [0.15, 0.2) is 54.9 Å². The lowest BCUT2D eigenvalue weighted by Gasteiger charge is -2.19. The molecule has 0 amide bonds. The van der Waals surface area contributed by atoms with Crippen molar-refractivity contribution in [3.63, 3.8) is 0 Å². The third kappa shape index (κ3) is 3.89. The van der Waals surface area contributed by atoms with Crippen molar-refractivity contribution in [3.05, 3.63) is 65.6 Å². The van der Waals surface area contributed by atoms with Gasteiger partial charge in [-0.2, -0.15) is 0 Å². The number of anilines is 2. The summed E-state index contributed by atoms with van der Waals surface area (Å²) in [7, 11) is 0. The molecule has 1 aromatic carbocycles. The maximum atomic E-state index is 6.14. The maximum absolute atomic E-state index is 6.14. The Hall–Kier alpha value is -2.46. The molecular formula is C19H19ClN4. The normalized spacial score (nSPS) is 11.3. The summed E-state index contributed by atoms with van der Waals surface area (Å²) in [4.78, 5) is 12.8. The lowest BCUT2D eigenvalue weighted by molar-refractivity contribution is 0.590. The summed E-state index contributed by atoms with van der Waals surface area (Å²) in [5.74, 6) is 1.23. The summed E-state index contributed by atoms with van der Waals surface area (Å²) in [6, 6.07) is 13.8. The van der Waals surface area contributed by atoms with E-state index in [1.54, 1.807) is 18.5 Å². The summed E-state index contributed by atoms with van der Waals surface area (Å²) in [6.45, 7) is 6.59. The van der Waals surface area contributed by atoms with Gasteiger partial charge in [0.25, 0.3) is 0 Å². The van der Waals surface area contributed by atoms with E-state index in [1.807, 2.05) is 24.3 Å². The van der Waals surface area contributed by atoms with E-state index >= 15 is 0 Å². The highest BCUT2D eigenvalue weighted by molar-refractivity contribution is 6.29. The van der Waals surface area contributed by atoms with Gasteiger partial charge < -0.3 is 5.32 Å². The Bertz CT molecular complexity index is 824. The number of nitrogens with one attached hydrogen (secondary N) is 1. The van der Waals surface area contributed by atoms with E-state index in [-0.39, 0.29) is 5.41 Å². The molecule has 4 nitrogen and oxygen atoms in total. The van der Waals surface area contributed by atoms with Gasteiger partial charge >= 0.3 is 0 Å². The van der Waals surface area contributed by atoms with Crippen LogP contribution in [0.5, 0.6) is 0 Å². The highest BCUT2D eigenvalue weighted by Gasteiger charge is 2.13. The lowest BCUT2D eigenvalue weighted by Crippen LogP contribution is -2.10. The minimum Gasteiger partial charge on any atom is -0.340 e. The third-order valence-electron chi connectivity index (χ3n) is 3.66. The first-order valence-corrected chi connectivity index (χ1v) is 8.12. The van der Waals surface area contributed by atoms with Gasteiger partial charge in [0, 0.05) is 29.7 Å². The van der Waals surface area contributed by atoms with Gasteiger partial charge in [-0.1, -0.05) is 44.5 Å². The quantitative estimate of drug-likeness (QED) is 0.664. The van der Waals surface area contributed by atoms with E-state index < -0.39 is 0 Å². The number of pyridine rings is 1. The highest BCUT2D eigenvalue weighted by Crippen LogP contribution is 2.26. The molecule has 2 aromatic heterocycles. The molecule has 3 rings (SSSR count). The predicted molar refractivity (Wildman–Crippen MR) is 98.7 cm³/mol. The molecule has 24 heavy (non-hydrogen) atoms. The minimum absolute atomic E-state index is 0.130. The fourth-order valence-electron chi connectivity index (χ4n) is 2.31. The van der Waals surface area contributed by atoms with Crippen molar-refractivity contribution < 1.29 is 0 Å². The molecule has 0 atom stereocenters. The number of hydrogen-bond acceptors (Lipinski definition) is 4. The van der Waals surface area contributed by atoms with Crippen molar-refractivity contribution in [3.8, 4) is 11.4 Å². The Morgan fingerprint density at radius 3 is 2.21 bits per heavy atom.